The first kappa shape index (κ1) is 61.7. The van der Waals surface area contributed by atoms with Crippen LogP contribution in [0.4, 0.5) is 0 Å². The number of ketones is 2. The van der Waals surface area contributed by atoms with Gasteiger partial charge in [-0.3, -0.25) is 43.7 Å². The highest BCUT2D eigenvalue weighted by atomic mass is 16.5. The minimum Gasteiger partial charge on any atom is -0.481 e. The Morgan fingerprint density at radius 2 is 1.16 bits per heavy atom. The predicted molar refractivity (Wildman–Crippen MR) is 282 cm³/mol. The van der Waals surface area contributed by atoms with Crippen molar-refractivity contribution in [2.75, 3.05) is 39.5 Å². The molecule has 1 saturated carbocycles. The van der Waals surface area contributed by atoms with Gasteiger partial charge in [-0.15, -0.1) is 0 Å². The number of amides is 4. The first-order valence-corrected chi connectivity index (χ1v) is 26.4. The molecule has 3 atom stereocenters. The van der Waals surface area contributed by atoms with E-state index in [9.17, 15) is 53.4 Å². The maximum Gasteiger partial charge on any atom is 0.326 e. The zero-order valence-corrected chi connectivity index (χ0v) is 43.9. The summed E-state index contributed by atoms with van der Waals surface area (Å²) >= 11 is 0. The van der Waals surface area contributed by atoms with Crippen LogP contribution in [0.15, 0.2) is 84.9 Å². The number of carbonyl (C=O) groups is 9. The van der Waals surface area contributed by atoms with Crippen LogP contribution in [0.2, 0.25) is 0 Å². The van der Waals surface area contributed by atoms with Gasteiger partial charge in [-0.25, -0.2) is 4.79 Å². The van der Waals surface area contributed by atoms with Gasteiger partial charge in [-0.2, -0.15) is 0 Å². The highest BCUT2D eigenvalue weighted by molar-refractivity contribution is 5.90. The Morgan fingerprint density at radius 3 is 1.76 bits per heavy atom. The number of Topliss-reactive ketones (excluding diaryl/α,β-unsaturated/α-hetero) is 2. The number of ether oxygens (including phenoxy) is 2. The van der Waals surface area contributed by atoms with E-state index < -0.39 is 77.4 Å². The number of rotatable bonds is 37. The summed E-state index contributed by atoms with van der Waals surface area (Å²) in [7, 11) is 0. The van der Waals surface area contributed by atoms with Crippen molar-refractivity contribution in [1.82, 2.24) is 26.6 Å². The van der Waals surface area contributed by atoms with Crippen LogP contribution < -0.4 is 26.6 Å². The van der Waals surface area contributed by atoms with E-state index in [2.05, 4.69) is 82.0 Å². The number of hydrogen-bond acceptors (Lipinski definition) is 12. The molecule has 19 heteroatoms. The summed E-state index contributed by atoms with van der Waals surface area (Å²) in [6.45, 7) is 4.52. The van der Waals surface area contributed by atoms with Crippen LogP contribution in [-0.4, -0.2) is 126 Å². The third-order valence-electron chi connectivity index (χ3n) is 13.6. The molecule has 0 radical (unpaired) electrons. The molecule has 2 unspecified atom stereocenters. The highest BCUT2D eigenvalue weighted by Crippen LogP contribution is 2.37. The summed E-state index contributed by atoms with van der Waals surface area (Å²) in [6.07, 6.45) is 3.23. The van der Waals surface area contributed by atoms with Crippen molar-refractivity contribution < 1.29 is 67.9 Å². The zero-order valence-electron chi connectivity index (χ0n) is 43.9. The van der Waals surface area contributed by atoms with Crippen LogP contribution in [0.25, 0.3) is 0 Å². The number of carboxylic acid groups (broad SMARTS) is 3. The molecular weight excluding hydrogens is 979 g/mol. The van der Waals surface area contributed by atoms with Crippen LogP contribution in [0.5, 0.6) is 0 Å². The van der Waals surface area contributed by atoms with Crippen molar-refractivity contribution in [2.45, 2.75) is 140 Å². The van der Waals surface area contributed by atoms with Crippen molar-refractivity contribution in [2.24, 2.45) is 11.8 Å². The minimum atomic E-state index is -1.38. The molecule has 414 valence electrons. The predicted octanol–water partition coefficient (Wildman–Crippen LogP) is 5.38. The molecule has 1 fully saturated rings. The smallest absolute Gasteiger partial charge is 0.326 e. The topological polar surface area (TPSA) is 293 Å². The fourth-order valence-electron chi connectivity index (χ4n) is 9.30. The molecule has 76 heavy (non-hydrogen) atoms. The normalized spacial score (nSPS) is 15.6. The quantitative estimate of drug-likeness (QED) is 0.0266. The number of unbranched alkanes of at least 4 members (excludes halogenated alkanes) is 1. The number of aryl methyl sites for hydroxylation is 1. The van der Waals surface area contributed by atoms with Crippen molar-refractivity contribution in [1.29, 1.82) is 0 Å². The Kier molecular flexibility index (Phi) is 27.0. The van der Waals surface area contributed by atoms with Crippen LogP contribution in [0.3, 0.4) is 0 Å². The van der Waals surface area contributed by atoms with Crippen molar-refractivity contribution in [3.63, 3.8) is 0 Å². The molecule has 1 aliphatic carbocycles. The summed E-state index contributed by atoms with van der Waals surface area (Å²) in [5, 5.41) is 42.3. The van der Waals surface area contributed by atoms with Gasteiger partial charge in [0.2, 0.25) is 23.6 Å². The van der Waals surface area contributed by atoms with Crippen LogP contribution in [-0.2, 0) is 58.2 Å². The SMILES string of the molecule is CC(=O)[C@H](CCCCNC(c1ccccc1)(c1ccccc1)c1ccc(C)cc1)NC(=O)COCCOCCCC(=O)C(CCC(=O)O)NC(=O)CCC(NC(=O)C1CCC(CNC(=O)CCCC(=O)O)CC1)C(=O)O. The molecular formula is C57H77N5O14. The zero-order chi connectivity index (χ0) is 55.3. The lowest BCUT2D eigenvalue weighted by Gasteiger charge is -2.37. The average molecular weight is 1060 g/mol. The molecule has 3 aromatic carbocycles. The second-order valence-electron chi connectivity index (χ2n) is 19.5. The van der Waals surface area contributed by atoms with E-state index >= 15 is 0 Å². The van der Waals surface area contributed by atoms with Crippen LogP contribution in [0, 0.1) is 18.8 Å². The molecule has 1 aliphatic rings. The van der Waals surface area contributed by atoms with Gasteiger partial charge >= 0.3 is 17.9 Å². The first-order valence-electron chi connectivity index (χ1n) is 26.4. The number of hydrogen-bond donors (Lipinski definition) is 8. The Balaban J connectivity index is 1.12. The van der Waals surface area contributed by atoms with Crippen LogP contribution in [0.1, 0.15) is 132 Å². The van der Waals surface area contributed by atoms with E-state index in [1.54, 1.807) is 0 Å². The van der Waals surface area contributed by atoms with E-state index in [1.165, 1.54) is 6.92 Å². The minimum absolute atomic E-state index is 0.0559. The Labute approximate surface area is 445 Å². The number of aliphatic carboxylic acids is 3. The van der Waals surface area contributed by atoms with Gasteiger partial charge in [0.25, 0.3) is 0 Å². The standard InChI is InChI=1S/C57H77N5O14/c1-39-21-27-45(28-22-39)57(43-13-5-3-6-14-43,44-15-7-4-8-16-44)59-33-10-9-17-46(40(2)63)60-52(67)38-76-36-35-75-34-12-18-49(64)47(30-32-54(70)71)61-51(66)31-29-48(56(73)74)62-55(72)42-25-23-41(24-26-42)37-58-50(65)19-11-20-53(68)69/h3-8,13-16,21-22,27-28,41-42,46-48,59H,9-12,17-20,23-26,29-38H2,1-2H3,(H,58,65)(H,60,67)(H,61,66)(H,62,72)(H,68,69)(H,70,71)(H,73,74)/t41?,42?,46-,47?,48?/m0/s1. The van der Waals surface area contributed by atoms with E-state index in [-0.39, 0.29) is 95.4 Å². The molecule has 0 bridgehead atoms. The lowest BCUT2D eigenvalue weighted by atomic mass is 9.76. The monoisotopic (exact) mass is 1060 g/mol. The Hall–Kier alpha value is -6.83. The van der Waals surface area contributed by atoms with Crippen LogP contribution >= 0.6 is 0 Å². The fourth-order valence-corrected chi connectivity index (χ4v) is 9.30. The van der Waals surface area contributed by atoms with Gasteiger partial charge in [-0.05, 0) is 114 Å². The highest BCUT2D eigenvalue weighted by Gasteiger charge is 2.36. The Bertz CT molecular complexity index is 2300. The molecule has 0 aliphatic heterocycles. The second-order valence-corrected chi connectivity index (χ2v) is 19.5. The lowest BCUT2D eigenvalue weighted by Crippen LogP contribution is -2.46. The average Bonchev–Trinajstić information content (AvgIpc) is 3.40. The van der Waals surface area contributed by atoms with E-state index in [1.807, 2.05) is 36.4 Å². The summed E-state index contributed by atoms with van der Waals surface area (Å²) in [6, 6.07) is 25.9. The van der Waals surface area contributed by atoms with Gasteiger partial charge < -0.3 is 46.1 Å². The molecule has 0 saturated heterocycles. The maximum atomic E-state index is 13.1. The summed E-state index contributed by atoms with van der Waals surface area (Å²) in [4.78, 5) is 111. The molecule has 3 aromatic rings. The van der Waals surface area contributed by atoms with Gasteiger partial charge in [0.1, 0.15) is 12.6 Å². The third-order valence-corrected chi connectivity index (χ3v) is 13.6. The summed E-state index contributed by atoms with van der Waals surface area (Å²) in [5.74, 6) is -6.26. The number of carbonyl (C=O) groups excluding carboxylic acids is 6. The number of nitrogens with one attached hydrogen (secondary N) is 5. The van der Waals surface area contributed by atoms with Gasteiger partial charge in [0.15, 0.2) is 11.6 Å². The first-order chi connectivity index (χ1) is 36.5. The largest absolute Gasteiger partial charge is 0.481 e. The number of carboxylic acids is 3. The maximum absolute atomic E-state index is 13.1. The molecule has 0 spiro atoms. The molecule has 4 amide bonds. The fraction of sp³-hybridized carbons (Fsp3) is 0.526. The molecule has 19 nitrogen and oxygen atoms in total. The van der Waals surface area contributed by atoms with Gasteiger partial charge in [0, 0.05) is 51.2 Å². The molecule has 4 rings (SSSR count). The van der Waals surface area contributed by atoms with E-state index in [0.717, 1.165) is 28.7 Å². The molecule has 0 heterocycles. The molecule has 0 aromatic heterocycles. The third kappa shape index (κ3) is 21.8. The van der Waals surface area contributed by atoms with E-state index in [4.69, 9.17) is 14.6 Å². The number of benzene rings is 3. The van der Waals surface area contributed by atoms with Gasteiger partial charge in [0.05, 0.1) is 30.8 Å². The Morgan fingerprint density at radius 1 is 0.566 bits per heavy atom. The summed E-state index contributed by atoms with van der Waals surface area (Å²) < 4.78 is 11.0. The van der Waals surface area contributed by atoms with Crippen molar-refractivity contribution in [3.05, 3.63) is 107 Å². The lowest BCUT2D eigenvalue weighted by molar-refractivity contribution is -0.143. The van der Waals surface area contributed by atoms with Gasteiger partial charge in [-0.1, -0.05) is 90.5 Å². The summed E-state index contributed by atoms with van der Waals surface area (Å²) in [5.41, 5.74) is 3.83. The second kappa shape index (κ2) is 33.3. The molecule has 8 N–H and O–H groups in total. The van der Waals surface area contributed by atoms with E-state index in [0.29, 0.717) is 51.6 Å². The van der Waals surface area contributed by atoms with Crippen molar-refractivity contribution >= 4 is 53.1 Å². The van der Waals surface area contributed by atoms with Crippen molar-refractivity contribution in [3.8, 4) is 0 Å².